The van der Waals surface area contributed by atoms with Crippen LogP contribution in [0.1, 0.15) is 5.01 Å². The Morgan fingerprint density at radius 2 is 2.25 bits per heavy atom. The smallest absolute Gasteiger partial charge is 0.271 e. The number of aromatic nitrogens is 2. The van der Waals surface area contributed by atoms with Gasteiger partial charge in [0.05, 0.1) is 0 Å². The number of hydrogen-bond acceptors (Lipinski definition) is 6. The van der Waals surface area contributed by atoms with E-state index in [9.17, 15) is 8.42 Å². The highest BCUT2D eigenvalue weighted by atomic mass is 32.2. The van der Waals surface area contributed by atoms with Gasteiger partial charge in [-0.1, -0.05) is 23.1 Å². The Kier molecular flexibility index (Phi) is 3.04. The summed E-state index contributed by atoms with van der Waals surface area (Å²) in [7, 11) is -3.97. The standard InChI is InChI=1S/C4H6N2O3S3/c1-10-4-6-5-3(11-4)2-12(7,8)9/h2H2,1H3,(H,7,8,9). The van der Waals surface area contributed by atoms with Gasteiger partial charge in [-0.05, 0) is 6.26 Å². The molecule has 0 aliphatic carbocycles. The number of thioether (sulfide) groups is 1. The maximum Gasteiger partial charge on any atom is 0.271 e. The van der Waals surface area contributed by atoms with E-state index in [2.05, 4.69) is 10.2 Å². The van der Waals surface area contributed by atoms with Gasteiger partial charge < -0.3 is 0 Å². The first-order chi connectivity index (χ1) is 5.51. The van der Waals surface area contributed by atoms with Crippen LogP contribution in [0, 0.1) is 0 Å². The number of rotatable bonds is 3. The molecule has 0 radical (unpaired) electrons. The van der Waals surface area contributed by atoms with Crippen molar-refractivity contribution in [1.82, 2.24) is 10.2 Å². The molecule has 1 rings (SSSR count). The molecule has 0 bridgehead atoms. The fraction of sp³-hybridized carbons (Fsp3) is 0.500. The van der Waals surface area contributed by atoms with Gasteiger partial charge in [0.1, 0.15) is 10.8 Å². The normalized spacial score (nSPS) is 11.8. The Hall–Kier alpha value is -0.180. The van der Waals surface area contributed by atoms with E-state index >= 15 is 0 Å². The Morgan fingerprint density at radius 3 is 2.67 bits per heavy atom. The van der Waals surface area contributed by atoms with Crippen molar-refractivity contribution in [1.29, 1.82) is 0 Å². The molecule has 0 atom stereocenters. The molecule has 1 heterocycles. The molecule has 0 saturated heterocycles. The molecule has 1 aromatic rings. The third-order valence-electron chi connectivity index (χ3n) is 0.929. The molecule has 12 heavy (non-hydrogen) atoms. The Labute approximate surface area is 78.0 Å². The summed E-state index contributed by atoms with van der Waals surface area (Å²) in [6.07, 6.45) is 1.82. The highest BCUT2D eigenvalue weighted by Crippen LogP contribution is 2.20. The van der Waals surface area contributed by atoms with E-state index in [0.29, 0.717) is 9.35 Å². The summed E-state index contributed by atoms with van der Waals surface area (Å²) in [5, 5.41) is 7.56. The minimum Gasteiger partial charge on any atom is -0.285 e. The van der Waals surface area contributed by atoms with Gasteiger partial charge >= 0.3 is 0 Å². The zero-order valence-electron chi connectivity index (χ0n) is 6.09. The molecule has 0 aromatic carbocycles. The van der Waals surface area contributed by atoms with Gasteiger partial charge in [-0.2, -0.15) is 8.42 Å². The molecule has 1 N–H and O–H groups in total. The van der Waals surface area contributed by atoms with Crippen LogP contribution in [0.15, 0.2) is 4.34 Å². The first kappa shape index (κ1) is 9.90. The van der Waals surface area contributed by atoms with Gasteiger partial charge in [0.25, 0.3) is 10.1 Å². The highest BCUT2D eigenvalue weighted by Gasteiger charge is 2.11. The van der Waals surface area contributed by atoms with Crippen molar-refractivity contribution in [3.05, 3.63) is 5.01 Å². The zero-order chi connectivity index (χ0) is 9.19. The van der Waals surface area contributed by atoms with E-state index in [0.717, 1.165) is 11.3 Å². The second kappa shape index (κ2) is 3.69. The predicted molar refractivity (Wildman–Crippen MR) is 46.9 cm³/mol. The molecule has 1 aromatic heterocycles. The Bertz CT molecular complexity index is 357. The van der Waals surface area contributed by atoms with Gasteiger partial charge in [0.2, 0.25) is 0 Å². The van der Waals surface area contributed by atoms with Crippen molar-refractivity contribution in [3.8, 4) is 0 Å². The number of nitrogens with zero attached hydrogens (tertiary/aromatic N) is 2. The minimum absolute atomic E-state index is 0.307. The fourth-order valence-electron chi connectivity index (χ4n) is 0.535. The highest BCUT2D eigenvalue weighted by molar-refractivity contribution is 8.00. The molecule has 0 amide bonds. The van der Waals surface area contributed by atoms with Crippen LogP contribution in [0.2, 0.25) is 0 Å². The molecule has 0 fully saturated rings. The second-order valence-corrected chi connectivity index (χ2v) is 5.46. The maximum absolute atomic E-state index is 10.4. The van der Waals surface area contributed by atoms with Crippen LogP contribution in [0.5, 0.6) is 0 Å². The molecule has 8 heteroatoms. The van der Waals surface area contributed by atoms with E-state index in [1.165, 1.54) is 11.8 Å². The largest absolute Gasteiger partial charge is 0.285 e. The van der Waals surface area contributed by atoms with Crippen LogP contribution < -0.4 is 0 Å². The summed E-state index contributed by atoms with van der Waals surface area (Å²) in [6, 6.07) is 0. The molecule has 0 saturated carbocycles. The molecule has 0 aliphatic heterocycles. The minimum atomic E-state index is -3.97. The van der Waals surface area contributed by atoms with Crippen molar-refractivity contribution < 1.29 is 13.0 Å². The summed E-state index contributed by atoms with van der Waals surface area (Å²) in [4.78, 5) is 0. The van der Waals surface area contributed by atoms with E-state index in [-0.39, 0.29) is 0 Å². The summed E-state index contributed by atoms with van der Waals surface area (Å²) in [5.74, 6) is -0.453. The zero-order valence-corrected chi connectivity index (χ0v) is 8.54. The summed E-state index contributed by atoms with van der Waals surface area (Å²) in [5.41, 5.74) is 0. The van der Waals surface area contributed by atoms with Crippen molar-refractivity contribution in [2.24, 2.45) is 0 Å². The first-order valence-electron chi connectivity index (χ1n) is 2.83. The molecule has 68 valence electrons. The Balaban J connectivity index is 2.78. The monoisotopic (exact) mass is 226 g/mol. The average molecular weight is 226 g/mol. The quantitative estimate of drug-likeness (QED) is 0.602. The van der Waals surface area contributed by atoms with Gasteiger partial charge in [-0.15, -0.1) is 10.2 Å². The average Bonchev–Trinajstić information content (AvgIpc) is 2.32. The topological polar surface area (TPSA) is 80.2 Å². The third kappa shape index (κ3) is 3.05. The molecular formula is C4H6N2O3S3. The maximum atomic E-state index is 10.4. The SMILES string of the molecule is CSc1nnc(CS(=O)(=O)O)s1. The molecule has 0 spiro atoms. The van der Waals surface area contributed by atoms with Crippen LogP contribution >= 0.6 is 23.1 Å². The van der Waals surface area contributed by atoms with Crippen molar-refractivity contribution >= 4 is 33.2 Å². The molecule has 0 aliphatic rings. The predicted octanol–water partition coefficient (Wildman–Crippen LogP) is 0.648. The lowest BCUT2D eigenvalue weighted by Gasteiger charge is -1.87. The van der Waals surface area contributed by atoms with Gasteiger partial charge in [-0.25, -0.2) is 0 Å². The lowest BCUT2D eigenvalue weighted by Crippen LogP contribution is -2.00. The van der Waals surface area contributed by atoms with Crippen molar-refractivity contribution in [3.63, 3.8) is 0 Å². The lowest BCUT2D eigenvalue weighted by atomic mass is 10.9. The lowest BCUT2D eigenvalue weighted by molar-refractivity contribution is 0.482. The summed E-state index contributed by atoms with van der Waals surface area (Å²) >= 11 is 2.55. The molecule has 0 unspecified atom stereocenters. The van der Waals surface area contributed by atoms with Gasteiger partial charge in [-0.3, -0.25) is 4.55 Å². The van der Waals surface area contributed by atoms with Crippen molar-refractivity contribution in [2.75, 3.05) is 6.26 Å². The summed E-state index contributed by atoms with van der Waals surface area (Å²) in [6.45, 7) is 0. The molecular weight excluding hydrogens is 220 g/mol. The first-order valence-corrected chi connectivity index (χ1v) is 6.48. The third-order valence-corrected chi connectivity index (χ3v) is 3.65. The number of hydrogen-bond donors (Lipinski definition) is 1. The van der Waals surface area contributed by atoms with Crippen LogP contribution in [0.4, 0.5) is 0 Å². The van der Waals surface area contributed by atoms with Crippen LogP contribution in [-0.4, -0.2) is 29.4 Å². The van der Waals surface area contributed by atoms with Crippen LogP contribution in [0.3, 0.4) is 0 Å². The molecule has 5 nitrogen and oxygen atoms in total. The van der Waals surface area contributed by atoms with Gasteiger partial charge in [0, 0.05) is 0 Å². The van der Waals surface area contributed by atoms with Gasteiger partial charge in [0.15, 0.2) is 4.34 Å². The van der Waals surface area contributed by atoms with E-state index in [1.54, 1.807) is 0 Å². The van der Waals surface area contributed by atoms with E-state index in [4.69, 9.17) is 4.55 Å². The van der Waals surface area contributed by atoms with E-state index < -0.39 is 15.9 Å². The second-order valence-electron chi connectivity index (χ2n) is 1.89. The van der Waals surface area contributed by atoms with Crippen LogP contribution in [-0.2, 0) is 15.9 Å². The van der Waals surface area contributed by atoms with E-state index in [1.807, 2.05) is 6.26 Å². The Morgan fingerprint density at radius 1 is 1.58 bits per heavy atom. The van der Waals surface area contributed by atoms with Crippen molar-refractivity contribution in [2.45, 2.75) is 10.1 Å². The van der Waals surface area contributed by atoms with Crippen LogP contribution in [0.25, 0.3) is 0 Å². The summed E-state index contributed by atoms with van der Waals surface area (Å²) < 4.78 is 29.9. The fourth-order valence-corrected chi connectivity index (χ4v) is 2.70.